The molecule has 2 aliphatic rings. The van der Waals surface area contributed by atoms with E-state index < -0.39 is 0 Å². The Morgan fingerprint density at radius 1 is 0.969 bits per heavy atom. The van der Waals surface area contributed by atoms with Crippen LogP contribution in [0.15, 0.2) is 48.8 Å². The molecule has 4 rings (SSSR count). The van der Waals surface area contributed by atoms with Gasteiger partial charge in [0.05, 0.1) is 0 Å². The predicted octanol–water partition coefficient (Wildman–Crippen LogP) is 3.60. The Bertz CT molecular complexity index is 858. The van der Waals surface area contributed by atoms with Crippen LogP contribution in [0, 0.1) is 0 Å². The molecule has 6 nitrogen and oxygen atoms in total. The van der Waals surface area contributed by atoms with Crippen molar-refractivity contribution in [2.45, 2.75) is 38.1 Å². The number of carbonyl (C=O) groups is 2. The predicted molar refractivity (Wildman–Crippen MR) is 131 cm³/mol. The quantitative estimate of drug-likeness (QED) is 0.659. The van der Waals surface area contributed by atoms with Crippen molar-refractivity contribution >= 4 is 36.6 Å². The van der Waals surface area contributed by atoms with E-state index in [0.29, 0.717) is 23.7 Å². The molecule has 0 aliphatic carbocycles. The average molecular weight is 479 g/mol. The summed E-state index contributed by atoms with van der Waals surface area (Å²) in [4.78, 5) is 34.0. The van der Waals surface area contributed by atoms with Gasteiger partial charge in [-0.2, -0.15) is 0 Å². The molecular weight excluding hydrogens is 447 g/mol. The fourth-order valence-corrected chi connectivity index (χ4v) is 4.45. The van der Waals surface area contributed by atoms with Crippen molar-refractivity contribution in [2.75, 3.05) is 32.7 Å². The number of likely N-dealkylation sites (tertiary alicyclic amines) is 2. The lowest BCUT2D eigenvalue weighted by molar-refractivity contribution is 0.0708. The first-order valence-electron chi connectivity index (χ1n) is 11.0. The first kappa shape index (κ1) is 26.1. The highest BCUT2D eigenvalue weighted by molar-refractivity contribution is 5.98. The summed E-state index contributed by atoms with van der Waals surface area (Å²) >= 11 is 0. The minimum absolute atomic E-state index is 0. The number of nitrogens with zero attached hydrogens (tertiary/aromatic N) is 3. The number of aromatic nitrogens is 1. The molecule has 0 spiro atoms. The topological polar surface area (TPSA) is 65.5 Å². The number of hydrogen-bond acceptors (Lipinski definition) is 4. The summed E-state index contributed by atoms with van der Waals surface area (Å²) in [6, 6.07) is 11.3. The number of nitrogens with one attached hydrogen (secondary N) is 1. The van der Waals surface area contributed by atoms with Crippen molar-refractivity contribution in [2.24, 2.45) is 0 Å². The van der Waals surface area contributed by atoms with Crippen LogP contribution in [0.3, 0.4) is 0 Å². The van der Waals surface area contributed by atoms with Crippen LogP contribution in [0.1, 0.15) is 52.0 Å². The van der Waals surface area contributed by atoms with E-state index in [1.165, 1.54) is 12.8 Å². The molecule has 0 saturated carbocycles. The van der Waals surface area contributed by atoms with Crippen LogP contribution in [0.5, 0.6) is 0 Å². The van der Waals surface area contributed by atoms with Gasteiger partial charge < -0.3 is 15.1 Å². The van der Waals surface area contributed by atoms with E-state index in [1.807, 2.05) is 23.2 Å². The second-order valence-corrected chi connectivity index (χ2v) is 8.25. The molecule has 1 N–H and O–H groups in total. The monoisotopic (exact) mass is 478 g/mol. The number of carbonyl (C=O) groups excluding carboxylic acids is 2. The van der Waals surface area contributed by atoms with E-state index in [2.05, 4.69) is 15.2 Å². The lowest BCUT2D eigenvalue weighted by Gasteiger charge is -2.28. The minimum Gasteiger partial charge on any atom is -0.352 e. The Morgan fingerprint density at radius 2 is 1.69 bits per heavy atom. The molecular formula is C24H32Cl2N4O2. The smallest absolute Gasteiger partial charge is 0.254 e. The summed E-state index contributed by atoms with van der Waals surface area (Å²) in [5.41, 5.74) is 2.33. The van der Waals surface area contributed by atoms with Gasteiger partial charge in [0, 0.05) is 49.2 Å². The first-order chi connectivity index (χ1) is 14.7. The SMILES string of the molecule is Cl.Cl.O=C(NCCc1cccnc1)c1ccc(C(=O)N2CCC[C@H]2CN2CCCC2)cc1. The maximum atomic E-state index is 13.0. The molecule has 2 saturated heterocycles. The van der Waals surface area contributed by atoms with Gasteiger partial charge in [-0.3, -0.25) is 14.6 Å². The maximum Gasteiger partial charge on any atom is 0.254 e. The zero-order chi connectivity index (χ0) is 20.8. The van der Waals surface area contributed by atoms with Crippen LogP contribution in [-0.2, 0) is 6.42 Å². The van der Waals surface area contributed by atoms with E-state index in [0.717, 1.165) is 51.0 Å². The van der Waals surface area contributed by atoms with Crippen molar-refractivity contribution in [1.29, 1.82) is 0 Å². The number of hydrogen-bond donors (Lipinski definition) is 1. The van der Waals surface area contributed by atoms with Crippen LogP contribution >= 0.6 is 24.8 Å². The normalized spacial score (nSPS) is 18.0. The molecule has 1 atom stereocenters. The summed E-state index contributed by atoms with van der Waals surface area (Å²) in [5.74, 6) is -0.0359. The molecule has 0 radical (unpaired) electrons. The molecule has 0 unspecified atom stereocenters. The van der Waals surface area contributed by atoms with Crippen molar-refractivity contribution in [3.05, 3.63) is 65.5 Å². The Kier molecular flexibility index (Phi) is 10.4. The molecule has 3 heterocycles. The van der Waals surface area contributed by atoms with Crippen LogP contribution in [0.2, 0.25) is 0 Å². The molecule has 1 aromatic heterocycles. The molecule has 8 heteroatoms. The van der Waals surface area contributed by atoms with E-state index in [4.69, 9.17) is 0 Å². The lowest BCUT2D eigenvalue weighted by atomic mass is 10.1. The summed E-state index contributed by atoms with van der Waals surface area (Å²) < 4.78 is 0. The Balaban J connectivity index is 0.00000181. The van der Waals surface area contributed by atoms with Crippen molar-refractivity contribution in [1.82, 2.24) is 20.1 Å². The van der Waals surface area contributed by atoms with Gasteiger partial charge >= 0.3 is 0 Å². The largest absolute Gasteiger partial charge is 0.352 e. The Hall–Kier alpha value is -2.15. The highest BCUT2D eigenvalue weighted by atomic mass is 35.5. The van der Waals surface area contributed by atoms with Crippen molar-refractivity contribution in [3.63, 3.8) is 0 Å². The lowest BCUT2D eigenvalue weighted by Crippen LogP contribution is -2.42. The van der Waals surface area contributed by atoms with Crippen LogP contribution in [0.25, 0.3) is 0 Å². The van der Waals surface area contributed by atoms with Gasteiger partial charge in [-0.25, -0.2) is 0 Å². The number of halogens is 2. The summed E-state index contributed by atoms with van der Waals surface area (Å²) in [7, 11) is 0. The van der Waals surface area contributed by atoms with Gasteiger partial charge in [-0.1, -0.05) is 6.07 Å². The Labute approximate surface area is 202 Å². The fraction of sp³-hybridized carbons (Fsp3) is 0.458. The van der Waals surface area contributed by atoms with Gasteiger partial charge in [0.15, 0.2) is 0 Å². The van der Waals surface area contributed by atoms with E-state index >= 15 is 0 Å². The maximum absolute atomic E-state index is 13.0. The molecule has 32 heavy (non-hydrogen) atoms. The third kappa shape index (κ3) is 6.67. The fourth-order valence-electron chi connectivity index (χ4n) is 4.45. The third-order valence-electron chi connectivity index (χ3n) is 6.12. The van der Waals surface area contributed by atoms with Crippen LogP contribution < -0.4 is 5.32 Å². The molecule has 2 fully saturated rings. The van der Waals surface area contributed by atoms with Crippen molar-refractivity contribution < 1.29 is 9.59 Å². The summed E-state index contributed by atoms with van der Waals surface area (Å²) in [6.07, 6.45) is 8.98. The second kappa shape index (κ2) is 12.8. The van der Waals surface area contributed by atoms with Gasteiger partial charge in [-0.05, 0) is 81.1 Å². The van der Waals surface area contributed by atoms with E-state index in [-0.39, 0.29) is 36.6 Å². The van der Waals surface area contributed by atoms with Crippen molar-refractivity contribution in [3.8, 4) is 0 Å². The minimum atomic E-state index is -0.119. The van der Waals surface area contributed by atoms with Crippen LogP contribution in [0.4, 0.5) is 0 Å². The summed E-state index contributed by atoms with van der Waals surface area (Å²) in [5, 5.41) is 2.93. The van der Waals surface area contributed by atoms with Crippen LogP contribution in [-0.4, -0.2) is 65.4 Å². The van der Waals surface area contributed by atoms with E-state index in [1.54, 1.807) is 30.5 Å². The van der Waals surface area contributed by atoms with Gasteiger partial charge in [-0.15, -0.1) is 24.8 Å². The Morgan fingerprint density at radius 3 is 2.38 bits per heavy atom. The number of benzene rings is 1. The van der Waals surface area contributed by atoms with Gasteiger partial charge in [0.1, 0.15) is 0 Å². The standard InChI is InChI=1S/C24H30N4O2.2ClH/c29-23(26-13-11-19-5-3-12-25-17-19)20-7-9-21(10-8-20)24(30)28-16-4-6-22(28)18-27-14-1-2-15-27;;/h3,5,7-10,12,17,22H,1-2,4,6,11,13-16,18H2,(H,26,29);2*1H/t22-;;/m0../s1. The first-order valence-corrected chi connectivity index (χ1v) is 11.0. The van der Waals surface area contributed by atoms with E-state index in [9.17, 15) is 9.59 Å². The van der Waals surface area contributed by atoms with Gasteiger partial charge in [0.25, 0.3) is 11.8 Å². The molecule has 1 aromatic carbocycles. The second-order valence-electron chi connectivity index (χ2n) is 8.25. The van der Waals surface area contributed by atoms with Gasteiger partial charge in [0.2, 0.25) is 0 Å². The molecule has 2 aliphatic heterocycles. The molecule has 174 valence electrons. The molecule has 0 bridgehead atoms. The molecule has 2 amide bonds. The highest BCUT2D eigenvalue weighted by Crippen LogP contribution is 2.22. The number of amides is 2. The summed E-state index contributed by atoms with van der Waals surface area (Å²) in [6.45, 7) is 4.68. The zero-order valence-electron chi connectivity index (χ0n) is 18.2. The number of pyridine rings is 1. The molecule has 2 aromatic rings. The number of rotatable bonds is 7. The highest BCUT2D eigenvalue weighted by Gasteiger charge is 2.31. The third-order valence-corrected chi connectivity index (χ3v) is 6.12. The zero-order valence-corrected chi connectivity index (χ0v) is 19.9. The average Bonchev–Trinajstić information content (AvgIpc) is 3.47.